The van der Waals surface area contributed by atoms with E-state index in [2.05, 4.69) is 9.97 Å². The fourth-order valence-corrected chi connectivity index (χ4v) is 1.74. The van der Waals surface area contributed by atoms with E-state index in [4.69, 9.17) is 9.15 Å². The Morgan fingerprint density at radius 2 is 2.05 bits per heavy atom. The van der Waals surface area contributed by atoms with E-state index in [0.717, 1.165) is 5.56 Å². The third kappa shape index (κ3) is 2.60. The average Bonchev–Trinajstić information content (AvgIpc) is 2.87. The molecule has 0 aliphatic carbocycles. The van der Waals surface area contributed by atoms with Crippen LogP contribution in [-0.2, 0) is 11.2 Å². The highest BCUT2D eigenvalue weighted by Crippen LogP contribution is 2.19. The Kier molecular flexibility index (Phi) is 2.94. The van der Waals surface area contributed by atoms with Gasteiger partial charge in [-0.3, -0.25) is 9.78 Å². The lowest BCUT2D eigenvalue weighted by Gasteiger charge is -2.03. The Balaban J connectivity index is 1.72. The maximum Gasteiger partial charge on any atom is 0.315 e. The normalized spacial score (nSPS) is 10.5. The highest BCUT2D eigenvalue weighted by atomic mass is 16.5. The summed E-state index contributed by atoms with van der Waals surface area (Å²) in [4.78, 5) is 19.7. The lowest BCUT2D eigenvalue weighted by atomic mass is 10.2. The molecule has 0 N–H and O–H groups in total. The molecule has 0 saturated carbocycles. The number of hydrogen-bond donors (Lipinski definition) is 0. The van der Waals surface area contributed by atoms with Gasteiger partial charge in [0.1, 0.15) is 11.3 Å². The largest absolute Gasteiger partial charge is 0.443 e. The zero-order valence-electron chi connectivity index (χ0n) is 9.95. The first kappa shape index (κ1) is 11.4. The molecule has 3 aromatic rings. The second kappa shape index (κ2) is 4.89. The molecular formula is C14H10N2O3. The van der Waals surface area contributed by atoms with Gasteiger partial charge >= 0.3 is 5.97 Å². The van der Waals surface area contributed by atoms with Gasteiger partial charge in [-0.1, -0.05) is 0 Å². The van der Waals surface area contributed by atoms with Gasteiger partial charge in [0.15, 0.2) is 12.0 Å². The van der Waals surface area contributed by atoms with E-state index in [1.54, 1.807) is 42.7 Å². The SMILES string of the molecule is O=C(Cc1ccncc1)Oc1ccc2ocnc2c1. The molecule has 0 saturated heterocycles. The number of carbonyl (C=O) groups excluding carboxylic acids is 1. The van der Waals surface area contributed by atoms with Gasteiger partial charge in [-0.2, -0.15) is 0 Å². The lowest BCUT2D eigenvalue weighted by molar-refractivity contribution is -0.133. The van der Waals surface area contributed by atoms with Crippen molar-refractivity contribution < 1.29 is 13.9 Å². The number of pyridine rings is 1. The molecule has 3 rings (SSSR count). The van der Waals surface area contributed by atoms with Crippen molar-refractivity contribution in [2.75, 3.05) is 0 Å². The quantitative estimate of drug-likeness (QED) is 0.530. The van der Waals surface area contributed by atoms with E-state index in [1.807, 2.05) is 0 Å². The van der Waals surface area contributed by atoms with Crippen LogP contribution in [-0.4, -0.2) is 15.9 Å². The Bertz CT molecular complexity index is 707. The van der Waals surface area contributed by atoms with Gasteiger partial charge in [0.25, 0.3) is 0 Å². The fourth-order valence-electron chi connectivity index (χ4n) is 1.74. The summed E-state index contributed by atoms with van der Waals surface area (Å²) in [5, 5.41) is 0. The first-order valence-corrected chi connectivity index (χ1v) is 5.74. The van der Waals surface area contributed by atoms with Crippen LogP contribution in [0.3, 0.4) is 0 Å². The van der Waals surface area contributed by atoms with Crippen molar-refractivity contribution in [3.05, 3.63) is 54.7 Å². The Labute approximate surface area is 108 Å². The monoisotopic (exact) mass is 254 g/mol. The third-order valence-electron chi connectivity index (χ3n) is 2.63. The van der Waals surface area contributed by atoms with Gasteiger partial charge in [-0.05, 0) is 29.8 Å². The maximum absolute atomic E-state index is 11.8. The van der Waals surface area contributed by atoms with Crippen LogP contribution in [0.4, 0.5) is 0 Å². The number of fused-ring (bicyclic) bond motifs is 1. The topological polar surface area (TPSA) is 65.2 Å². The van der Waals surface area contributed by atoms with E-state index in [-0.39, 0.29) is 12.4 Å². The summed E-state index contributed by atoms with van der Waals surface area (Å²) in [5.74, 6) is 0.134. The van der Waals surface area contributed by atoms with Crippen LogP contribution in [0.15, 0.2) is 53.5 Å². The van der Waals surface area contributed by atoms with E-state index < -0.39 is 0 Å². The van der Waals surface area contributed by atoms with Crippen LogP contribution in [0.2, 0.25) is 0 Å². The highest BCUT2D eigenvalue weighted by molar-refractivity contribution is 5.78. The number of oxazole rings is 1. The molecule has 0 aliphatic rings. The number of esters is 1. The average molecular weight is 254 g/mol. The predicted molar refractivity (Wildman–Crippen MR) is 67.6 cm³/mol. The van der Waals surface area contributed by atoms with Crippen molar-refractivity contribution in [1.82, 2.24) is 9.97 Å². The summed E-state index contributed by atoms with van der Waals surface area (Å²) in [6.45, 7) is 0. The van der Waals surface area contributed by atoms with Gasteiger partial charge in [-0.15, -0.1) is 0 Å². The molecule has 0 aliphatic heterocycles. The van der Waals surface area contributed by atoms with E-state index in [0.29, 0.717) is 16.8 Å². The van der Waals surface area contributed by atoms with Crippen molar-refractivity contribution >= 4 is 17.1 Å². The summed E-state index contributed by atoms with van der Waals surface area (Å²) in [6.07, 6.45) is 4.85. The van der Waals surface area contributed by atoms with Crippen molar-refractivity contribution in [2.24, 2.45) is 0 Å². The van der Waals surface area contributed by atoms with Gasteiger partial charge in [0.05, 0.1) is 6.42 Å². The maximum atomic E-state index is 11.8. The fraction of sp³-hybridized carbons (Fsp3) is 0.0714. The second-order valence-corrected chi connectivity index (χ2v) is 3.99. The number of carbonyl (C=O) groups is 1. The number of benzene rings is 1. The number of ether oxygens (including phenoxy) is 1. The van der Waals surface area contributed by atoms with Crippen molar-refractivity contribution in [3.8, 4) is 5.75 Å². The summed E-state index contributed by atoms with van der Waals surface area (Å²) >= 11 is 0. The van der Waals surface area contributed by atoms with Crippen LogP contribution in [0.5, 0.6) is 5.75 Å². The van der Waals surface area contributed by atoms with Crippen LogP contribution < -0.4 is 4.74 Å². The lowest BCUT2D eigenvalue weighted by Crippen LogP contribution is -2.11. The number of aromatic nitrogens is 2. The molecule has 0 amide bonds. The molecule has 0 unspecified atom stereocenters. The standard InChI is InChI=1S/C14H10N2O3/c17-14(7-10-3-5-15-6-4-10)19-11-1-2-13-12(8-11)16-9-18-13/h1-6,8-9H,7H2. The van der Waals surface area contributed by atoms with Gasteiger partial charge in [0, 0.05) is 18.5 Å². The molecule has 94 valence electrons. The first-order chi connectivity index (χ1) is 9.31. The molecule has 1 aromatic carbocycles. The van der Waals surface area contributed by atoms with Crippen LogP contribution in [0.25, 0.3) is 11.1 Å². The molecule has 0 atom stereocenters. The van der Waals surface area contributed by atoms with Crippen LogP contribution >= 0.6 is 0 Å². The second-order valence-electron chi connectivity index (χ2n) is 3.99. The smallest absolute Gasteiger partial charge is 0.315 e. The molecule has 0 fully saturated rings. The molecule has 2 aromatic heterocycles. The molecule has 5 heteroatoms. The third-order valence-corrected chi connectivity index (χ3v) is 2.63. The summed E-state index contributed by atoms with van der Waals surface area (Å²) in [6, 6.07) is 8.63. The van der Waals surface area contributed by atoms with E-state index in [9.17, 15) is 4.79 Å². The molecule has 0 radical (unpaired) electrons. The molecule has 0 bridgehead atoms. The van der Waals surface area contributed by atoms with Gasteiger partial charge < -0.3 is 9.15 Å². The minimum Gasteiger partial charge on any atom is -0.443 e. The summed E-state index contributed by atoms with van der Waals surface area (Å²) in [7, 11) is 0. The van der Waals surface area contributed by atoms with Gasteiger partial charge in [0.2, 0.25) is 0 Å². The van der Waals surface area contributed by atoms with Crippen molar-refractivity contribution in [3.63, 3.8) is 0 Å². The van der Waals surface area contributed by atoms with Crippen molar-refractivity contribution in [1.29, 1.82) is 0 Å². The van der Waals surface area contributed by atoms with E-state index >= 15 is 0 Å². The Morgan fingerprint density at radius 1 is 1.21 bits per heavy atom. The Hall–Kier alpha value is -2.69. The van der Waals surface area contributed by atoms with E-state index in [1.165, 1.54) is 6.39 Å². The number of nitrogens with zero attached hydrogens (tertiary/aromatic N) is 2. The molecule has 2 heterocycles. The molecule has 0 spiro atoms. The first-order valence-electron chi connectivity index (χ1n) is 5.74. The minimum atomic E-state index is -0.325. The number of rotatable bonds is 3. The van der Waals surface area contributed by atoms with Gasteiger partial charge in [-0.25, -0.2) is 4.98 Å². The molecular weight excluding hydrogens is 244 g/mol. The zero-order valence-corrected chi connectivity index (χ0v) is 9.95. The zero-order chi connectivity index (χ0) is 13.1. The number of hydrogen-bond acceptors (Lipinski definition) is 5. The molecule has 5 nitrogen and oxygen atoms in total. The highest BCUT2D eigenvalue weighted by Gasteiger charge is 2.08. The summed E-state index contributed by atoms with van der Waals surface area (Å²) < 4.78 is 10.4. The van der Waals surface area contributed by atoms with Crippen LogP contribution in [0.1, 0.15) is 5.56 Å². The predicted octanol–water partition coefficient (Wildman–Crippen LogP) is 2.37. The Morgan fingerprint density at radius 3 is 2.89 bits per heavy atom. The van der Waals surface area contributed by atoms with Crippen LogP contribution in [0, 0.1) is 0 Å². The summed E-state index contributed by atoms with van der Waals surface area (Å²) in [5.41, 5.74) is 2.19. The van der Waals surface area contributed by atoms with Crippen molar-refractivity contribution in [2.45, 2.75) is 6.42 Å². The minimum absolute atomic E-state index is 0.208. The molecule has 19 heavy (non-hydrogen) atoms.